The first kappa shape index (κ1) is 13.7. The number of nitrogens with zero attached hydrogens (tertiary/aromatic N) is 1. The molecule has 104 valence electrons. The summed E-state index contributed by atoms with van der Waals surface area (Å²) < 4.78 is 0. The van der Waals surface area contributed by atoms with Gasteiger partial charge < -0.3 is 15.5 Å². The van der Waals surface area contributed by atoms with Crippen molar-refractivity contribution in [1.29, 1.82) is 0 Å². The molecule has 4 nitrogen and oxygen atoms in total. The number of rotatable bonds is 4. The molecule has 1 aliphatic heterocycles. The number of piperidine rings is 1. The summed E-state index contributed by atoms with van der Waals surface area (Å²) in [6.45, 7) is 2.00. The normalized spacial score (nSPS) is 25.1. The van der Waals surface area contributed by atoms with Crippen LogP contribution in [0.25, 0.3) is 0 Å². The van der Waals surface area contributed by atoms with Crippen LogP contribution in [-0.4, -0.2) is 43.2 Å². The lowest BCUT2D eigenvalue weighted by molar-refractivity contribution is 0.201. The zero-order valence-electron chi connectivity index (χ0n) is 11.6. The molecule has 1 heterocycles. The van der Waals surface area contributed by atoms with Gasteiger partial charge in [-0.3, -0.25) is 0 Å². The van der Waals surface area contributed by atoms with Crippen molar-refractivity contribution in [3.05, 3.63) is 0 Å². The molecule has 0 aromatic heterocycles. The maximum absolute atomic E-state index is 12.0. The minimum atomic E-state index is 0.109. The Morgan fingerprint density at radius 2 is 1.94 bits per heavy atom. The molecule has 0 spiro atoms. The summed E-state index contributed by atoms with van der Waals surface area (Å²) in [6.07, 6.45) is 9.81. The lowest BCUT2D eigenvalue weighted by Gasteiger charge is -2.26. The Morgan fingerprint density at radius 3 is 2.61 bits per heavy atom. The Labute approximate surface area is 110 Å². The van der Waals surface area contributed by atoms with Gasteiger partial charge in [0.05, 0.1) is 0 Å². The van der Waals surface area contributed by atoms with Crippen LogP contribution in [0.3, 0.4) is 0 Å². The highest BCUT2D eigenvalue weighted by Gasteiger charge is 2.20. The Morgan fingerprint density at radius 1 is 1.22 bits per heavy atom. The van der Waals surface area contributed by atoms with Gasteiger partial charge in [-0.1, -0.05) is 19.3 Å². The summed E-state index contributed by atoms with van der Waals surface area (Å²) >= 11 is 0. The molecule has 18 heavy (non-hydrogen) atoms. The lowest BCUT2D eigenvalue weighted by atomic mass is 10.0. The van der Waals surface area contributed by atoms with Crippen LogP contribution in [0.1, 0.15) is 51.4 Å². The van der Waals surface area contributed by atoms with Gasteiger partial charge in [-0.2, -0.15) is 0 Å². The molecule has 1 aliphatic carbocycles. The van der Waals surface area contributed by atoms with Crippen molar-refractivity contribution >= 4 is 6.03 Å². The molecule has 0 bridgehead atoms. The van der Waals surface area contributed by atoms with Crippen molar-refractivity contribution in [2.24, 2.45) is 0 Å². The Bertz CT molecular complexity index is 258. The molecule has 2 amide bonds. The summed E-state index contributed by atoms with van der Waals surface area (Å²) in [5.41, 5.74) is 0. The van der Waals surface area contributed by atoms with Gasteiger partial charge in [0.2, 0.25) is 0 Å². The molecule has 2 N–H and O–H groups in total. The van der Waals surface area contributed by atoms with E-state index in [1.165, 1.54) is 32.1 Å². The second kappa shape index (κ2) is 6.98. The number of carbonyl (C=O) groups is 1. The van der Waals surface area contributed by atoms with E-state index in [9.17, 15) is 4.79 Å². The van der Waals surface area contributed by atoms with Gasteiger partial charge in [-0.15, -0.1) is 0 Å². The fourth-order valence-corrected chi connectivity index (χ4v) is 2.98. The van der Waals surface area contributed by atoms with Gasteiger partial charge >= 0.3 is 6.03 Å². The van der Waals surface area contributed by atoms with E-state index < -0.39 is 0 Å². The number of carbonyl (C=O) groups excluding carboxylic acids is 1. The van der Waals surface area contributed by atoms with E-state index in [0.717, 1.165) is 32.4 Å². The van der Waals surface area contributed by atoms with Gasteiger partial charge in [-0.05, 0) is 38.6 Å². The van der Waals surface area contributed by atoms with Crippen molar-refractivity contribution in [1.82, 2.24) is 15.5 Å². The number of amides is 2. The highest BCUT2D eigenvalue weighted by molar-refractivity contribution is 5.74. The summed E-state index contributed by atoms with van der Waals surface area (Å²) in [5, 5.41) is 6.66. The molecule has 4 heteroatoms. The van der Waals surface area contributed by atoms with Gasteiger partial charge in [0.15, 0.2) is 0 Å². The van der Waals surface area contributed by atoms with E-state index in [1.54, 1.807) is 0 Å². The van der Waals surface area contributed by atoms with Gasteiger partial charge in [-0.25, -0.2) is 4.79 Å². The maximum atomic E-state index is 12.0. The van der Waals surface area contributed by atoms with E-state index in [-0.39, 0.29) is 6.03 Å². The zero-order valence-corrected chi connectivity index (χ0v) is 11.6. The zero-order chi connectivity index (χ0) is 12.8. The molecule has 1 saturated carbocycles. The molecule has 0 aromatic carbocycles. The first-order valence-electron chi connectivity index (χ1n) is 7.51. The molecule has 1 unspecified atom stereocenters. The fourth-order valence-electron chi connectivity index (χ4n) is 2.98. The van der Waals surface area contributed by atoms with Gasteiger partial charge in [0, 0.05) is 25.7 Å². The van der Waals surface area contributed by atoms with Crippen LogP contribution in [0.2, 0.25) is 0 Å². The third-order valence-corrected chi connectivity index (χ3v) is 4.25. The third kappa shape index (κ3) is 4.16. The third-order valence-electron chi connectivity index (χ3n) is 4.25. The van der Waals surface area contributed by atoms with Crippen LogP contribution in [-0.2, 0) is 0 Å². The second-order valence-electron chi connectivity index (χ2n) is 5.79. The predicted octanol–water partition coefficient (Wildman–Crippen LogP) is 2.10. The van der Waals surface area contributed by atoms with Gasteiger partial charge in [0.25, 0.3) is 0 Å². The summed E-state index contributed by atoms with van der Waals surface area (Å²) in [7, 11) is 1.91. The topological polar surface area (TPSA) is 44.4 Å². The van der Waals surface area contributed by atoms with E-state index in [4.69, 9.17) is 0 Å². The minimum Gasteiger partial charge on any atom is -0.335 e. The summed E-state index contributed by atoms with van der Waals surface area (Å²) in [5.74, 6) is 0. The average Bonchev–Trinajstić information content (AvgIpc) is 2.90. The van der Waals surface area contributed by atoms with E-state index in [1.807, 2.05) is 11.9 Å². The second-order valence-corrected chi connectivity index (χ2v) is 5.79. The molecular weight excluding hydrogens is 226 g/mol. The summed E-state index contributed by atoms with van der Waals surface area (Å²) in [4.78, 5) is 13.8. The van der Waals surface area contributed by atoms with Crippen LogP contribution < -0.4 is 10.6 Å². The molecule has 2 fully saturated rings. The number of hydrogen-bond acceptors (Lipinski definition) is 2. The largest absolute Gasteiger partial charge is 0.335 e. The van der Waals surface area contributed by atoms with Crippen LogP contribution in [0.15, 0.2) is 0 Å². The van der Waals surface area contributed by atoms with Crippen LogP contribution in [0.4, 0.5) is 4.79 Å². The lowest BCUT2D eigenvalue weighted by Crippen LogP contribution is -2.44. The number of urea groups is 1. The Balaban J connectivity index is 1.63. The van der Waals surface area contributed by atoms with E-state index in [2.05, 4.69) is 10.6 Å². The minimum absolute atomic E-state index is 0.109. The predicted molar refractivity (Wildman–Crippen MR) is 73.7 cm³/mol. The average molecular weight is 253 g/mol. The molecule has 2 rings (SSSR count). The standard InChI is InChI=1S/C14H27N3O/c1-17(11-9-12-6-4-5-10-15-12)14(18)16-13-7-2-3-8-13/h12-13,15H,2-11H2,1H3,(H,16,18). The van der Waals surface area contributed by atoms with Crippen LogP contribution in [0.5, 0.6) is 0 Å². The van der Waals surface area contributed by atoms with Crippen molar-refractivity contribution in [3.63, 3.8) is 0 Å². The Kier molecular flexibility index (Phi) is 5.29. The highest BCUT2D eigenvalue weighted by atomic mass is 16.2. The molecule has 1 atom stereocenters. The maximum Gasteiger partial charge on any atom is 0.317 e. The summed E-state index contributed by atoms with van der Waals surface area (Å²) in [6, 6.07) is 1.14. The van der Waals surface area contributed by atoms with Crippen molar-refractivity contribution < 1.29 is 4.79 Å². The van der Waals surface area contributed by atoms with Crippen LogP contribution >= 0.6 is 0 Å². The number of nitrogens with one attached hydrogen (secondary N) is 2. The monoisotopic (exact) mass is 253 g/mol. The van der Waals surface area contributed by atoms with Crippen LogP contribution in [0, 0.1) is 0 Å². The van der Waals surface area contributed by atoms with Crippen molar-refractivity contribution in [3.8, 4) is 0 Å². The molecule has 2 aliphatic rings. The molecule has 0 aromatic rings. The quantitative estimate of drug-likeness (QED) is 0.806. The number of hydrogen-bond donors (Lipinski definition) is 2. The molecule has 1 saturated heterocycles. The molecular formula is C14H27N3O. The van der Waals surface area contributed by atoms with Crippen molar-refractivity contribution in [2.75, 3.05) is 20.1 Å². The molecule has 0 radical (unpaired) electrons. The van der Waals surface area contributed by atoms with E-state index in [0.29, 0.717) is 12.1 Å². The fraction of sp³-hybridized carbons (Fsp3) is 0.929. The van der Waals surface area contributed by atoms with E-state index >= 15 is 0 Å². The first-order chi connectivity index (χ1) is 8.75. The van der Waals surface area contributed by atoms with Gasteiger partial charge in [0.1, 0.15) is 0 Å². The first-order valence-corrected chi connectivity index (χ1v) is 7.51. The smallest absolute Gasteiger partial charge is 0.317 e. The highest BCUT2D eigenvalue weighted by Crippen LogP contribution is 2.17. The Hall–Kier alpha value is -0.770. The van der Waals surface area contributed by atoms with Crippen molar-refractivity contribution in [2.45, 2.75) is 63.5 Å². The SMILES string of the molecule is CN(CCC1CCCCN1)C(=O)NC1CCCC1.